The quantitative estimate of drug-likeness (QED) is 0.770. The normalized spacial score (nSPS) is 11.4. The predicted molar refractivity (Wildman–Crippen MR) is 89.1 cm³/mol. The molecule has 24 heavy (non-hydrogen) atoms. The van der Waals surface area contributed by atoms with E-state index in [9.17, 15) is 12.8 Å². The Balaban J connectivity index is 1.81. The topological polar surface area (TPSA) is 76.9 Å². The molecule has 3 aromatic rings. The van der Waals surface area contributed by atoms with E-state index in [-0.39, 0.29) is 5.75 Å². The zero-order valence-electron chi connectivity index (χ0n) is 12.8. The number of halogens is 1. The van der Waals surface area contributed by atoms with Crippen LogP contribution in [0.25, 0.3) is 11.4 Å². The molecule has 0 fully saturated rings. The van der Waals surface area contributed by atoms with Gasteiger partial charge in [-0.1, -0.05) is 24.3 Å². The zero-order chi connectivity index (χ0) is 17.2. The van der Waals surface area contributed by atoms with Crippen molar-refractivity contribution >= 4 is 15.7 Å². The fourth-order valence-electron chi connectivity index (χ4n) is 2.33. The number of rotatable bonds is 5. The van der Waals surface area contributed by atoms with Gasteiger partial charge in [-0.15, -0.1) is 10.2 Å². The highest BCUT2D eigenvalue weighted by molar-refractivity contribution is 7.91. The molecule has 0 aliphatic carbocycles. The Morgan fingerprint density at radius 2 is 1.96 bits per heavy atom. The highest BCUT2D eigenvalue weighted by Gasteiger charge is 2.13. The van der Waals surface area contributed by atoms with E-state index >= 15 is 0 Å². The second kappa shape index (κ2) is 6.40. The number of aryl methyl sites for hydroxylation is 1. The lowest BCUT2D eigenvalue weighted by atomic mass is 10.2. The number of aromatic nitrogens is 3. The van der Waals surface area contributed by atoms with Crippen LogP contribution in [0.15, 0.2) is 54.9 Å². The molecule has 8 heteroatoms. The highest BCUT2D eigenvalue weighted by Crippen LogP contribution is 2.21. The summed E-state index contributed by atoms with van der Waals surface area (Å²) < 4.78 is 42.0. The van der Waals surface area contributed by atoms with Gasteiger partial charge in [0.15, 0.2) is 5.82 Å². The summed E-state index contributed by atoms with van der Waals surface area (Å²) in [6.07, 6.45) is 1.57. The van der Waals surface area contributed by atoms with Crippen LogP contribution in [0.2, 0.25) is 0 Å². The molecule has 0 radical (unpaired) electrons. The molecule has 0 saturated carbocycles. The van der Waals surface area contributed by atoms with Crippen LogP contribution < -0.4 is 4.72 Å². The number of anilines is 1. The summed E-state index contributed by atoms with van der Waals surface area (Å²) in [4.78, 5) is 0. The van der Waals surface area contributed by atoms with Gasteiger partial charge in [-0.25, -0.2) is 12.8 Å². The fraction of sp³-hybridized carbons (Fsp3) is 0.125. The maximum absolute atomic E-state index is 13.2. The van der Waals surface area contributed by atoms with E-state index in [1.54, 1.807) is 42.2 Å². The molecule has 0 aliphatic rings. The fourth-order valence-corrected chi connectivity index (χ4v) is 3.50. The standard InChI is InChI=1S/C16H15FN4O2S/c1-21-11-18-19-16(21)13-5-3-7-15(9-13)20-24(22,23)10-12-4-2-6-14(17)8-12/h2-9,11,20H,10H2,1H3. The van der Waals surface area contributed by atoms with Gasteiger partial charge in [0, 0.05) is 18.3 Å². The van der Waals surface area contributed by atoms with Gasteiger partial charge in [0.2, 0.25) is 10.0 Å². The average Bonchev–Trinajstić information content (AvgIpc) is 2.92. The Morgan fingerprint density at radius 1 is 1.17 bits per heavy atom. The first-order chi connectivity index (χ1) is 11.4. The van der Waals surface area contributed by atoms with Crippen LogP contribution in [-0.4, -0.2) is 23.2 Å². The third-order valence-electron chi connectivity index (χ3n) is 3.35. The van der Waals surface area contributed by atoms with Crippen LogP contribution in [0.5, 0.6) is 0 Å². The van der Waals surface area contributed by atoms with Gasteiger partial charge in [0.25, 0.3) is 0 Å². The van der Waals surface area contributed by atoms with Crippen molar-refractivity contribution in [2.24, 2.45) is 7.05 Å². The minimum absolute atomic E-state index is 0.307. The molecule has 6 nitrogen and oxygen atoms in total. The zero-order valence-corrected chi connectivity index (χ0v) is 13.7. The van der Waals surface area contributed by atoms with Crippen LogP contribution in [0.4, 0.5) is 10.1 Å². The van der Waals surface area contributed by atoms with Crippen LogP contribution in [0.3, 0.4) is 0 Å². The molecular weight excluding hydrogens is 331 g/mol. The molecule has 1 aromatic heterocycles. The van der Waals surface area contributed by atoms with Gasteiger partial charge in [0.05, 0.1) is 5.75 Å². The molecule has 0 atom stereocenters. The average molecular weight is 346 g/mol. The van der Waals surface area contributed by atoms with E-state index in [2.05, 4.69) is 14.9 Å². The molecule has 0 aliphatic heterocycles. The number of sulfonamides is 1. The van der Waals surface area contributed by atoms with Gasteiger partial charge in [-0.3, -0.25) is 4.72 Å². The van der Waals surface area contributed by atoms with E-state index in [1.165, 1.54) is 18.2 Å². The van der Waals surface area contributed by atoms with Crippen molar-refractivity contribution in [3.8, 4) is 11.4 Å². The molecular formula is C16H15FN4O2S. The molecule has 0 unspecified atom stereocenters. The van der Waals surface area contributed by atoms with Gasteiger partial charge in [-0.2, -0.15) is 0 Å². The van der Waals surface area contributed by atoms with Gasteiger partial charge < -0.3 is 4.57 Å². The van der Waals surface area contributed by atoms with E-state index in [1.807, 2.05) is 6.07 Å². The van der Waals surface area contributed by atoms with Crippen molar-refractivity contribution in [2.75, 3.05) is 4.72 Å². The number of nitrogens with zero attached hydrogens (tertiary/aromatic N) is 3. The van der Waals surface area contributed by atoms with Crippen molar-refractivity contribution in [1.82, 2.24) is 14.8 Å². The first-order valence-electron chi connectivity index (χ1n) is 7.12. The predicted octanol–water partition coefficient (Wildman–Crippen LogP) is 2.56. The number of hydrogen-bond donors (Lipinski definition) is 1. The van der Waals surface area contributed by atoms with Crippen LogP contribution in [0, 0.1) is 5.82 Å². The molecule has 124 valence electrons. The minimum atomic E-state index is -3.66. The Bertz CT molecular complexity index is 969. The van der Waals surface area contributed by atoms with Crippen molar-refractivity contribution in [3.05, 3.63) is 66.2 Å². The van der Waals surface area contributed by atoms with Crippen LogP contribution in [0.1, 0.15) is 5.56 Å². The molecule has 0 amide bonds. The van der Waals surface area contributed by atoms with Crippen molar-refractivity contribution in [3.63, 3.8) is 0 Å². The lowest BCUT2D eigenvalue weighted by Crippen LogP contribution is -2.15. The molecule has 2 aromatic carbocycles. The van der Waals surface area contributed by atoms with Gasteiger partial charge >= 0.3 is 0 Å². The van der Waals surface area contributed by atoms with E-state index in [0.29, 0.717) is 17.1 Å². The second-order valence-corrected chi connectivity index (χ2v) is 7.06. The third-order valence-corrected chi connectivity index (χ3v) is 4.61. The summed E-state index contributed by atoms with van der Waals surface area (Å²) in [5.74, 6) is -0.146. The Morgan fingerprint density at radius 3 is 2.67 bits per heavy atom. The Hall–Kier alpha value is -2.74. The summed E-state index contributed by atoms with van der Waals surface area (Å²) in [6.45, 7) is 0. The smallest absolute Gasteiger partial charge is 0.236 e. The third kappa shape index (κ3) is 3.77. The lowest BCUT2D eigenvalue weighted by Gasteiger charge is -2.09. The SMILES string of the molecule is Cn1cnnc1-c1cccc(NS(=O)(=O)Cc2cccc(F)c2)c1. The van der Waals surface area contributed by atoms with Gasteiger partial charge in [0.1, 0.15) is 12.1 Å². The largest absolute Gasteiger partial charge is 0.317 e. The summed E-state index contributed by atoms with van der Waals surface area (Å²) >= 11 is 0. The monoisotopic (exact) mass is 346 g/mol. The number of hydrogen-bond acceptors (Lipinski definition) is 4. The Kier molecular flexibility index (Phi) is 4.30. The van der Waals surface area contributed by atoms with Crippen molar-refractivity contribution < 1.29 is 12.8 Å². The minimum Gasteiger partial charge on any atom is -0.317 e. The summed E-state index contributed by atoms with van der Waals surface area (Å²) in [6, 6.07) is 12.4. The molecule has 0 spiro atoms. The second-order valence-electron chi connectivity index (χ2n) is 5.34. The van der Waals surface area contributed by atoms with E-state index in [4.69, 9.17) is 0 Å². The van der Waals surface area contributed by atoms with Crippen LogP contribution in [-0.2, 0) is 22.8 Å². The number of benzene rings is 2. The maximum Gasteiger partial charge on any atom is 0.236 e. The first-order valence-corrected chi connectivity index (χ1v) is 8.77. The summed E-state index contributed by atoms with van der Waals surface area (Å²) in [7, 11) is -1.86. The Labute approximate surface area is 139 Å². The van der Waals surface area contributed by atoms with E-state index < -0.39 is 15.8 Å². The summed E-state index contributed by atoms with van der Waals surface area (Å²) in [5, 5.41) is 7.80. The molecule has 3 rings (SSSR count). The van der Waals surface area contributed by atoms with E-state index in [0.717, 1.165) is 5.56 Å². The van der Waals surface area contributed by atoms with Crippen LogP contribution >= 0.6 is 0 Å². The molecule has 1 heterocycles. The maximum atomic E-state index is 13.2. The lowest BCUT2D eigenvalue weighted by molar-refractivity contribution is 0.599. The number of nitrogens with one attached hydrogen (secondary N) is 1. The molecule has 1 N–H and O–H groups in total. The molecule has 0 saturated heterocycles. The molecule has 0 bridgehead atoms. The highest BCUT2D eigenvalue weighted by atomic mass is 32.2. The first kappa shape index (κ1) is 16.1. The van der Waals surface area contributed by atoms with Crippen molar-refractivity contribution in [1.29, 1.82) is 0 Å². The van der Waals surface area contributed by atoms with Crippen molar-refractivity contribution in [2.45, 2.75) is 5.75 Å². The summed E-state index contributed by atoms with van der Waals surface area (Å²) in [5.41, 5.74) is 1.53. The van der Waals surface area contributed by atoms with Gasteiger partial charge in [-0.05, 0) is 29.8 Å².